The summed E-state index contributed by atoms with van der Waals surface area (Å²) < 4.78 is 36.6. The van der Waals surface area contributed by atoms with Gasteiger partial charge in [0.15, 0.2) is 12.4 Å². The summed E-state index contributed by atoms with van der Waals surface area (Å²) >= 11 is 0. The monoisotopic (exact) mass is 450 g/mol. The number of Topliss-reactive ketones (excluding diaryl/α,β-unsaturated/α-hetero) is 1. The molecule has 0 amide bonds. The van der Waals surface area contributed by atoms with E-state index in [0.29, 0.717) is 5.56 Å². The van der Waals surface area contributed by atoms with E-state index in [9.17, 15) is 28.1 Å². The van der Waals surface area contributed by atoms with E-state index in [4.69, 9.17) is 9.47 Å². The molecule has 0 aromatic heterocycles. The van der Waals surface area contributed by atoms with Gasteiger partial charge in [-0.15, -0.1) is 0 Å². The average molecular weight is 450 g/mol. The fourth-order valence-corrected chi connectivity index (χ4v) is 3.82. The normalized spacial score (nSPS) is 11.1. The predicted molar refractivity (Wildman–Crippen MR) is 111 cm³/mol. The van der Waals surface area contributed by atoms with Crippen LogP contribution in [0.5, 0.6) is 5.75 Å². The van der Waals surface area contributed by atoms with Crippen LogP contribution in [-0.2, 0) is 19.6 Å². The number of nitrogens with zero attached hydrogens (tertiary/aromatic N) is 1. The van der Waals surface area contributed by atoms with Crippen molar-refractivity contribution in [2.24, 2.45) is 0 Å². The van der Waals surface area contributed by atoms with E-state index < -0.39 is 33.2 Å². The molecule has 2 aromatic rings. The fourth-order valence-electron chi connectivity index (χ4n) is 2.77. The smallest absolute Gasteiger partial charge is 0.312 e. The quantitative estimate of drug-likeness (QED) is 0.251. The van der Waals surface area contributed by atoms with Crippen LogP contribution in [0.4, 0.5) is 5.69 Å². The number of rotatable bonds is 10. The summed E-state index contributed by atoms with van der Waals surface area (Å²) in [5, 5.41) is 11.1. The molecule has 2 aromatic carbocycles. The molecule has 31 heavy (non-hydrogen) atoms. The second-order valence-corrected chi connectivity index (χ2v) is 8.41. The number of nitrogens with one attached hydrogen (secondary N) is 1. The van der Waals surface area contributed by atoms with Crippen LogP contribution in [-0.4, -0.2) is 45.4 Å². The van der Waals surface area contributed by atoms with Crippen LogP contribution in [0.25, 0.3) is 0 Å². The van der Waals surface area contributed by atoms with Gasteiger partial charge in [-0.05, 0) is 31.5 Å². The Morgan fingerprint density at radius 3 is 2.45 bits per heavy atom. The van der Waals surface area contributed by atoms with E-state index in [2.05, 4.69) is 4.72 Å². The highest BCUT2D eigenvalue weighted by atomic mass is 32.2. The van der Waals surface area contributed by atoms with Crippen molar-refractivity contribution in [2.45, 2.75) is 25.2 Å². The van der Waals surface area contributed by atoms with E-state index in [1.165, 1.54) is 13.2 Å². The summed E-state index contributed by atoms with van der Waals surface area (Å²) in [4.78, 5) is 34.0. The molecule has 0 saturated carbocycles. The Morgan fingerprint density at radius 1 is 1.13 bits per heavy atom. The molecule has 0 unspecified atom stereocenters. The Balaban J connectivity index is 1.90. The van der Waals surface area contributed by atoms with E-state index in [1.807, 2.05) is 13.0 Å². The largest absolute Gasteiger partial charge is 0.490 e. The molecule has 0 heterocycles. The molecule has 0 saturated heterocycles. The molecule has 0 aliphatic heterocycles. The number of nitro groups is 1. The van der Waals surface area contributed by atoms with Gasteiger partial charge in [0.05, 0.1) is 23.3 Å². The highest BCUT2D eigenvalue weighted by molar-refractivity contribution is 7.89. The summed E-state index contributed by atoms with van der Waals surface area (Å²) in [6.45, 7) is 2.91. The number of carbonyl (C=O) groups is 2. The number of carbonyl (C=O) groups excluding carboxylic acids is 2. The number of methoxy groups -OCH3 is 1. The van der Waals surface area contributed by atoms with Crippen molar-refractivity contribution >= 4 is 27.5 Å². The minimum absolute atomic E-state index is 0.0824. The Hall–Kier alpha value is -3.31. The lowest BCUT2D eigenvalue weighted by Gasteiger charge is -2.09. The van der Waals surface area contributed by atoms with Crippen molar-refractivity contribution in [1.82, 2.24) is 4.72 Å². The molecule has 10 nitrogen and oxygen atoms in total. The maximum atomic E-state index is 12.3. The first kappa shape index (κ1) is 24.0. The highest BCUT2D eigenvalue weighted by Gasteiger charge is 2.22. The predicted octanol–water partition coefficient (Wildman–Crippen LogP) is 2.31. The second-order valence-electron chi connectivity index (χ2n) is 6.64. The standard InChI is InChI=1S/C20H22N2O8S/c1-13-4-6-16(14(2)10-13)18(23)12-30-20(24)8-9-21-31(27,28)15-5-7-19(29-3)17(11-15)22(25)26/h4-7,10-11,21H,8-9,12H2,1-3H3. The first-order chi connectivity index (χ1) is 14.5. The van der Waals surface area contributed by atoms with Gasteiger partial charge in [-0.2, -0.15) is 0 Å². The molecule has 0 bridgehead atoms. The van der Waals surface area contributed by atoms with E-state index in [0.717, 1.165) is 23.3 Å². The van der Waals surface area contributed by atoms with Crippen LogP contribution in [0.15, 0.2) is 41.3 Å². The number of hydrogen-bond donors (Lipinski definition) is 1. The van der Waals surface area contributed by atoms with Gasteiger partial charge >= 0.3 is 11.7 Å². The molecule has 0 radical (unpaired) electrons. The highest BCUT2D eigenvalue weighted by Crippen LogP contribution is 2.29. The van der Waals surface area contributed by atoms with E-state index in [1.54, 1.807) is 19.1 Å². The fraction of sp³-hybridized carbons (Fsp3) is 0.300. The number of esters is 1. The van der Waals surface area contributed by atoms with Crippen LogP contribution in [0.1, 0.15) is 27.9 Å². The molecule has 166 valence electrons. The zero-order valence-corrected chi connectivity index (χ0v) is 18.0. The number of benzene rings is 2. The number of nitro benzene ring substituents is 1. The zero-order chi connectivity index (χ0) is 23.2. The number of hydrogen-bond acceptors (Lipinski definition) is 8. The molecule has 0 spiro atoms. The SMILES string of the molecule is COc1ccc(S(=O)(=O)NCCC(=O)OCC(=O)c2ccc(C)cc2C)cc1[N+](=O)[O-]. The molecular formula is C20H22N2O8S. The van der Waals surface area contributed by atoms with E-state index >= 15 is 0 Å². The summed E-state index contributed by atoms with van der Waals surface area (Å²) in [7, 11) is -2.88. The summed E-state index contributed by atoms with van der Waals surface area (Å²) in [6, 6.07) is 8.45. The van der Waals surface area contributed by atoms with Gasteiger partial charge in [-0.25, -0.2) is 13.1 Å². The number of aryl methyl sites for hydroxylation is 2. The Kier molecular flexibility index (Phi) is 7.83. The first-order valence-electron chi connectivity index (χ1n) is 9.13. The summed E-state index contributed by atoms with van der Waals surface area (Å²) in [5.41, 5.74) is 1.71. The first-order valence-corrected chi connectivity index (χ1v) is 10.6. The van der Waals surface area contributed by atoms with Gasteiger partial charge in [0, 0.05) is 18.2 Å². The lowest BCUT2D eigenvalue weighted by Crippen LogP contribution is -2.27. The molecule has 0 aliphatic carbocycles. The van der Waals surface area contributed by atoms with Gasteiger partial charge in [0.1, 0.15) is 0 Å². The third-order valence-corrected chi connectivity index (χ3v) is 5.78. The molecule has 2 rings (SSSR count). The van der Waals surface area contributed by atoms with Crippen LogP contribution in [0.3, 0.4) is 0 Å². The van der Waals surface area contributed by atoms with Crippen molar-refractivity contribution in [3.8, 4) is 5.75 Å². The second kappa shape index (κ2) is 10.1. The average Bonchev–Trinajstić information content (AvgIpc) is 2.71. The van der Waals surface area contributed by atoms with Crippen molar-refractivity contribution < 1.29 is 32.4 Å². The maximum absolute atomic E-state index is 12.3. The van der Waals surface area contributed by atoms with Gasteiger partial charge in [0.25, 0.3) is 0 Å². The van der Waals surface area contributed by atoms with E-state index in [-0.39, 0.29) is 29.4 Å². The van der Waals surface area contributed by atoms with Gasteiger partial charge < -0.3 is 9.47 Å². The van der Waals surface area contributed by atoms with Crippen molar-refractivity contribution in [1.29, 1.82) is 0 Å². The number of ketones is 1. The molecule has 11 heteroatoms. The molecular weight excluding hydrogens is 428 g/mol. The zero-order valence-electron chi connectivity index (χ0n) is 17.2. The lowest BCUT2D eigenvalue weighted by molar-refractivity contribution is -0.386. The van der Waals surface area contributed by atoms with Crippen LogP contribution in [0, 0.1) is 24.0 Å². The van der Waals surface area contributed by atoms with Gasteiger partial charge in [0.2, 0.25) is 15.8 Å². The van der Waals surface area contributed by atoms with Crippen molar-refractivity contribution in [3.63, 3.8) is 0 Å². The third-order valence-electron chi connectivity index (χ3n) is 4.33. The number of ether oxygens (including phenoxy) is 2. The lowest BCUT2D eigenvalue weighted by atomic mass is 10.0. The van der Waals surface area contributed by atoms with Crippen molar-refractivity contribution in [2.75, 3.05) is 20.3 Å². The molecule has 0 fully saturated rings. The van der Waals surface area contributed by atoms with Gasteiger partial charge in [-0.1, -0.05) is 23.8 Å². The Morgan fingerprint density at radius 2 is 1.84 bits per heavy atom. The summed E-state index contributed by atoms with van der Waals surface area (Å²) in [6.07, 6.45) is -0.322. The van der Waals surface area contributed by atoms with Crippen LogP contribution in [0.2, 0.25) is 0 Å². The minimum Gasteiger partial charge on any atom is -0.490 e. The molecule has 1 N–H and O–H groups in total. The van der Waals surface area contributed by atoms with Crippen molar-refractivity contribution in [3.05, 3.63) is 63.2 Å². The molecule has 0 aliphatic rings. The third kappa shape index (κ3) is 6.33. The minimum atomic E-state index is -4.11. The summed E-state index contributed by atoms with van der Waals surface area (Å²) in [5.74, 6) is -1.21. The number of sulfonamides is 1. The maximum Gasteiger partial charge on any atom is 0.312 e. The Bertz CT molecular complexity index is 1110. The Labute approximate surface area is 179 Å². The van der Waals surface area contributed by atoms with Crippen LogP contribution >= 0.6 is 0 Å². The topological polar surface area (TPSA) is 142 Å². The van der Waals surface area contributed by atoms with Gasteiger partial charge in [-0.3, -0.25) is 19.7 Å². The van der Waals surface area contributed by atoms with Crippen LogP contribution < -0.4 is 9.46 Å². The molecule has 0 atom stereocenters.